The van der Waals surface area contributed by atoms with Crippen molar-refractivity contribution in [2.75, 3.05) is 0 Å². The third kappa shape index (κ3) is 3.15. The number of hydrogen-bond acceptors (Lipinski definition) is 1. The molecule has 0 aliphatic carbocycles. The van der Waals surface area contributed by atoms with Gasteiger partial charge in [-0.15, -0.1) is 10.3 Å². The summed E-state index contributed by atoms with van der Waals surface area (Å²) in [5.74, 6) is 0. The van der Waals surface area contributed by atoms with Crippen LogP contribution in [0.4, 0.5) is 0 Å². The maximum absolute atomic E-state index is 13.4. The molecule has 1 aliphatic rings. The van der Waals surface area contributed by atoms with E-state index < -0.39 is 5.54 Å². The highest BCUT2D eigenvalue weighted by Gasteiger charge is 2.53. The molecule has 0 amide bonds. The highest BCUT2D eigenvalue weighted by atomic mass is 127. The Morgan fingerprint density at radius 1 is 0.833 bits per heavy atom. The Hall–Kier alpha value is -0.180. The number of benzene rings is 2. The van der Waals surface area contributed by atoms with Crippen molar-refractivity contribution in [2.24, 2.45) is 0 Å². The molecule has 0 aromatic heterocycles. The van der Waals surface area contributed by atoms with Crippen LogP contribution < -0.4 is 0 Å². The molecule has 3 rings (SSSR count). The molecule has 4 heteroatoms. The van der Waals surface area contributed by atoms with Crippen molar-refractivity contribution in [3.05, 3.63) is 70.8 Å². The molecule has 1 radical (unpaired) electrons. The first kappa shape index (κ1) is 18.6. The lowest BCUT2D eigenvalue weighted by molar-refractivity contribution is -0.246. The second-order valence-electron chi connectivity index (χ2n) is 7.13. The van der Waals surface area contributed by atoms with Crippen LogP contribution in [0.15, 0.2) is 48.5 Å². The monoisotopic (exact) mass is 546 g/mol. The van der Waals surface area contributed by atoms with Gasteiger partial charge in [0, 0.05) is 14.4 Å². The van der Waals surface area contributed by atoms with Crippen LogP contribution >= 0.6 is 45.2 Å². The Bertz CT molecular complexity index is 647. The van der Waals surface area contributed by atoms with Crippen LogP contribution in [-0.4, -0.2) is 10.6 Å². The van der Waals surface area contributed by atoms with E-state index in [-0.39, 0.29) is 5.54 Å². The molecule has 0 bridgehead atoms. The lowest BCUT2D eigenvalue weighted by atomic mass is 9.81. The second-order valence-corrected chi connectivity index (χ2v) is 8.65. The highest BCUT2D eigenvalue weighted by Crippen LogP contribution is 2.50. The molecule has 127 valence electrons. The first-order valence-electron chi connectivity index (χ1n) is 8.22. The maximum atomic E-state index is 13.4. The van der Waals surface area contributed by atoms with Crippen molar-refractivity contribution < 1.29 is 5.21 Å². The fourth-order valence-electron chi connectivity index (χ4n) is 3.64. The van der Waals surface area contributed by atoms with Gasteiger partial charge in [0.15, 0.2) is 0 Å². The van der Waals surface area contributed by atoms with Crippen molar-refractivity contribution in [3.8, 4) is 0 Å². The summed E-state index contributed by atoms with van der Waals surface area (Å²) in [5.41, 5.74) is 3.90. The van der Waals surface area contributed by atoms with Crippen molar-refractivity contribution in [2.45, 2.75) is 46.6 Å². The summed E-state index contributed by atoms with van der Waals surface area (Å²) in [5, 5.41) is 14.7. The van der Waals surface area contributed by atoms with Crippen molar-refractivity contribution in [1.29, 1.82) is 0 Å². The van der Waals surface area contributed by atoms with Gasteiger partial charge < -0.3 is 0 Å². The topological polar surface area (TPSA) is 23.1 Å². The molecular weight excluding hydrogens is 524 g/mol. The first-order chi connectivity index (χ1) is 11.4. The van der Waals surface area contributed by atoms with Gasteiger partial charge in [0.2, 0.25) is 0 Å². The molecule has 1 heterocycles. The molecular formula is C20H22I2NO. The predicted octanol–water partition coefficient (Wildman–Crippen LogP) is 6.02. The van der Waals surface area contributed by atoms with Gasteiger partial charge in [0.05, 0.1) is 5.54 Å². The molecule has 0 spiro atoms. The van der Waals surface area contributed by atoms with Crippen LogP contribution in [0.25, 0.3) is 0 Å². The van der Waals surface area contributed by atoms with Gasteiger partial charge in [-0.2, -0.15) is 0 Å². The highest BCUT2D eigenvalue weighted by molar-refractivity contribution is 14.1. The molecule has 0 unspecified atom stereocenters. The molecule has 2 aromatic rings. The number of nitrogens with zero attached hydrogens (tertiary/aromatic N) is 1. The van der Waals surface area contributed by atoms with E-state index in [1.54, 1.807) is 0 Å². The first-order valence-corrected chi connectivity index (χ1v) is 11.3. The number of rotatable bonds is 4. The van der Waals surface area contributed by atoms with E-state index in [0.29, 0.717) is 0 Å². The molecule has 0 N–H and O–H groups in total. The molecule has 1 fully saturated rings. The number of alkyl halides is 2. The Kier molecular flexibility index (Phi) is 5.59. The maximum Gasteiger partial charge on any atom is 0.0997 e. The number of hydroxylamine groups is 2. The molecule has 1 saturated heterocycles. The van der Waals surface area contributed by atoms with Gasteiger partial charge in [0.1, 0.15) is 0 Å². The zero-order valence-corrected chi connectivity index (χ0v) is 18.4. The smallest absolute Gasteiger partial charge is 0.0997 e. The summed E-state index contributed by atoms with van der Waals surface area (Å²) in [6.45, 7) is 4.11. The second kappa shape index (κ2) is 7.21. The Labute approximate surface area is 171 Å². The Balaban J connectivity index is 2.13. The molecule has 2 nitrogen and oxygen atoms in total. The van der Waals surface area contributed by atoms with Crippen LogP contribution in [0, 0.1) is 0 Å². The minimum atomic E-state index is -0.572. The van der Waals surface area contributed by atoms with Crippen LogP contribution in [0.2, 0.25) is 0 Å². The molecule has 0 atom stereocenters. The SMILES string of the molecule is CC1(C)CCC(c2ccc(CI)cc2)(c2ccc(CI)cc2)N1[O]. The fourth-order valence-corrected chi connectivity index (χ4v) is 4.65. The lowest BCUT2D eigenvalue weighted by Crippen LogP contribution is -2.47. The third-order valence-corrected chi connectivity index (χ3v) is 6.93. The normalized spacial score (nSPS) is 19.5. The van der Waals surface area contributed by atoms with Crippen LogP contribution in [0.5, 0.6) is 0 Å². The summed E-state index contributed by atoms with van der Waals surface area (Å²) >= 11 is 4.75. The molecule has 0 saturated carbocycles. The average Bonchev–Trinajstić information content (AvgIpc) is 2.86. The largest absolute Gasteiger partial charge is 0.134 e. The molecule has 24 heavy (non-hydrogen) atoms. The van der Waals surface area contributed by atoms with E-state index in [2.05, 4.69) is 108 Å². The number of hydrogen-bond donors (Lipinski definition) is 0. The van der Waals surface area contributed by atoms with E-state index in [0.717, 1.165) is 32.8 Å². The van der Waals surface area contributed by atoms with E-state index >= 15 is 0 Å². The summed E-state index contributed by atoms with van der Waals surface area (Å²) in [7, 11) is 0. The summed E-state index contributed by atoms with van der Waals surface area (Å²) in [6, 6.07) is 17.2. The fraction of sp³-hybridized carbons (Fsp3) is 0.400. The van der Waals surface area contributed by atoms with Gasteiger partial charge >= 0.3 is 0 Å². The Morgan fingerprint density at radius 3 is 1.54 bits per heavy atom. The summed E-state index contributed by atoms with van der Waals surface area (Å²) in [4.78, 5) is 0. The van der Waals surface area contributed by atoms with Gasteiger partial charge in [-0.1, -0.05) is 93.7 Å². The number of halogens is 2. The van der Waals surface area contributed by atoms with Crippen LogP contribution in [0.1, 0.15) is 48.9 Å². The third-order valence-electron chi connectivity index (χ3n) is 5.17. The van der Waals surface area contributed by atoms with E-state index in [9.17, 15) is 5.21 Å². The van der Waals surface area contributed by atoms with E-state index in [1.165, 1.54) is 16.2 Å². The minimum Gasteiger partial charge on any atom is -0.134 e. The predicted molar refractivity (Wildman–Crippen MR) is 115 cm³/mol. The quantitative estimate of drug-likeness (QED) is 0.340. The van der Waals surface area contributed by atoms with E-state index in [1.807, 2.05) is 0 Å². The van der Waals surface area contributed by atoms with Gasteiger partial charge in [-0.05, 0) is 48.9 Å². The van der Waals surface area contributed by atoms with Crippen molar-refractivity contribution in [1.82, 2.24) is 5.06 Å². The standard InChI is InChI=1S/C20H22I2NO/c1-19(2)11-12-20(23(19)24,17-7-3-15(13-21)4-8-17)18-9-5-16(14-22)6-10-18/h3-10H,11-14H2,1-2H3. The van der Waals surface area contributed by atoms with Crippen molar-refractivity contribution >= 4 is 45.2 Å². The Morgan fingerprint density at radius 2 is 1.25 bits per heavy atom. The lowest BCUT2D eigenvalue weighted by Gasteiger charge is -2.38. The molecule has 1 aliphatic heterocycles. The van der Waals surface area contributed by atoms with Crippen molar-refractivity contribution in [3.63, 3.8) is 0 Å². The van der Waals surface area contributed by atoms with Crippen LogP contribution in [-0.2, 0) is 19.6 Å². The minimum absolute atomic E-state index is 0.343. The van der Waals surface area contributed by atoms with Gasteiger partial charge in [-0.25, -0.2) is 0 Å². The average molecular weight is 546 g/mol. The molecule has 2 aromatic carbocycles. The summed E-state index contributed by atoms with van der Waals surface area (Å²) < 4.78 is 1.98. The zero-order chi connectivity index (χ0) is 17.4. The van der Waals surface area contributed by atoms with E-state index in [4.69, 9.17) is 0 Å². The summed E-state index contributed by atoms with van der Waals surface area (Å²) in [6.07, 6.45) is 1.76. The van der Waals surface area contributed by atoms with Crippen LogP contribution in [0.3, 0.4) is 0 Å². The van der Waals surface area contributed by atoms with Gasteiger partial charge in [-0.3, -0.25) is 0 Å². The zero-order valence-electron chi connectivity index (χ0n) is 14.1. The van der Waals surface area contributed by atoms with Gasteiger partial charge in [0.25, 0.3) is 0 Å².